The summed E-state index contributed by atoms with van der Waals surface area (Å²) in [6.07, 6.45) is 0.308. The van der Waals surface area contributed by atoms with Crippen LogP contribution in [0.4, 0.5) is 0 Å². The van der Waals surface area contributed by atoms with Crippen molar-refractivity contribution in [2.45, 2.75) is 6.42 Å². The molecule has 0 heterocycles. The monoisotopic (exact) mass is 188 g/mol. The summed E-state index contributed by atoms with van der Waals surface area (Å²) < 4.78 is 8.96. The van der Waals surface area contributed by atoms with Gasteiger partial charge in [0.15, 0.2) is 5.41 Å². The molecule has 0 spiro atoms. The zero-order valence-corrected chi connectivity index (χ0v) is 7.57. The van der Waals surface area contributed by atoms with Gasteiger partial charge in [0.1, 0.15) is 0 Å². The van der Waals surface area contributed by atoms with Crippen LogP contribution >= 0.6 is 0 Å². The molecule has 1 rings (SSSR count). The van der Waals surface area contributed by atoms with Gasteiger partial charge in [0.05, 0.1) is 14.2 Å². The molecule has 0 aromatic heterocycles. The van der Waals surface area contributed by atoms with Gasteiger partial charge in [-0.05, 0) is 6.42 Å². The van der Waals surface area contributed by atoms with Crippen LogP contribution in [0.3, 0.4) is 0 Å². The molecule has 0 bridgehead atoms. The van der Waals surface area contributed by atoms with Gasteiger partial charge in [-0.2, -0.15) is 0 Å². The van der Waals surface area contributed by atoms with Crippen molar-refractivity contribution < 1.29 is 24.2 Å². The van der Waals surface area contributed by atoms with E-state index in [1.807, 2.05) is 0 Å². The molecule has 0 saturated heterocycles. The fourth-order valence-electron chi connectivity index (χ4n) is 1.50. The molecular weight excluding hydrogens is 176 g/mol. The number of carbonyl (C=O) groups is 2. The lowest BCUT2D eigenvalue weighted by Crippen LogP contribution is -2.31. The molecule has 1 N–H and O–H groups in total. The van der Waals surface area contributed by atoms with Crippen LogP contribution in [0.25, 0.3) is 0 Å². The van der Waals surface area contributed by atoms with E-state index in [9.17, 15) is 9.59 Å². The van der Waals surface area contributed by atoms with Crippen LogP contribution < -0.4 is 0 Å². The zero-order chi connectivity index (χ0) is 10.1. The zero-order valence-electron chi connectivity index (χ0n) is 7.57. The minimum absolute atomic E-state index is 0.204. The molecule has 0 aromatic carbocycles. The number of methoxy groups -OCH3 is 2. The van der Waals surface area contributed by atoms with E-state index in [1.54, 1.807) is 0 Å². The molecule has 74 valence electrons. The third-order valence-electron chi connectivity index (χ3n) is 2.42. The van der Waals surface area contributed by atoms with Gasteiger partial charge >= 0.3 is 11.9 Å². The maximum absolute atomic E-state index is 11.2. The minimum atomic E-state index is -1.24. The molecule has 1 unspecified atom stereocenters. The minimum Gasteiger partial charge on any atom is -0.468 e. The Bertz CT molecular complexity index is 219. The van der Waals surface area contributed by atoms with Crippen molar-refractivity contribution in [2.24, 2.45) is 11.3 Å². The van der Waals surface area contributed by atoms with Crippen LogP contribution in [-0.2, 0) is 19.1 Å². The van der Waals surface area contributed by atoms with Crippen LogP contribution in [0.15, 0.2) is 0 Å². The number of aliphatic hydroxyl groups is 1. The van der Waals surface area contributed by atoms with Gasteiger partial charge in [0.25, 0.3) is 0 Å². The summed E-state index contributed by atoms with van der Waals surface area (Å²) in [6.45, 7) is -0.204. The molecule has 1 saturated carbocycles. The molecular formula is C8H12O5. The molecule has 1 aliphatic rings. The Hall–Kier alpha value is -1.10. The fraction of sp³-hybridized carbons (Fsp3) is 0.750. The van der Waals surface area contributed by atoms with E-state index in [4.69, 9.17) is 5.11 Å². The predicted octanol–water partition coefficient (Wildman–Crippen LogP) is -0.669. The number of rotatable bonds is 3. The Morgan fingerprint density at radius 2 is 1.85 bits per heavy atom. The van der Waals surface area contributed by atoms with Gasteiger partial charge in [-0.15, -0.1) is 0 Å². The molecule has 5 heteroatoms. The van der Waals surface area contributed by atoms with Gasteiger partial charge in [0.2, 0.25) is 0 Å². The quantitative estimate of drug-likeness (QED) is 0.469. The van der Waals surface area contributed by atoms with Crippen molar-refractivity contribution in [1.82, 2.24) is 0 Å². The van der Waals surface area contributed by atoms with Crippen molar-refractivity contribution in [3.05, 3.63) is 0 Å². The van der Waals surface area contributed by atoms with Gasteiger partial charge in [0, 0.05) is 12.5 Å². The van der Waals surface area contributed by atoms with Crippen molar-refractivity contribution in [2.75, 3.05) is 20.8 Å². The summed E-state index contributed by atoms with van der Waals surface area (Å²) in [5.41, 5.74) is -1.24. The van der Waals surface area contributed by atoms with Gasteiger partial charge < -0.3 is 14.6 Å². The second kappa shape index (κ2) is 3.33. The summed E-state index contributed by atoms with van der Waals surface area (Å²) in [5, 5.41) is 8.81. The highest BCUT2D eigenvalue weighted by Crippen LogP contribution is 2.53. The normalized spacial score (nSPS) is 23.5. The molecule has 1 fully saturated rings. The predicted molar refractivity (Wildman–Crippen MR) is 41.7 cm³/mol. The SMILES string of the molecule is COC(=O)C1(C(=O)OC)CC1CO. The van der Waals surface area contributed by atoms with E-state index in [1.165, 1.54) is 14.2 Å². The van der Waals surface area contributed by atoms with Crippen molar-refractivity contribution >= 4 is 11.9 Å². The third-order valence-corrected chi connectivity index (χ3v) is 2.42. The standard InChI is InChI=1S/C8H12O5/c1-12-6(10)8(7(11)13-2)3-5(8)4-9/h5,9H,3-4H2,1-2H3. The first-order chi connectivity index (χ1) is 6.13. The van der Waals surface area contributed by atoms with E-state index >= 15 is 0 Å². The number of aliphatic hydroxyl groups excluding tert-OH is 1. The molecule has 1 aliphatic carbocycles. The highest BCUT2D eigenvalue weighted by atomic mass is 16.5. The van der Waals surface area contributed by atoms with Crippen LogP contribution in [0.2, 0.25) is 0 Å². The first-order valence-electron chi connectivity index (χ1n) is 3.91. The van der Waals surface area contributed by atoms with Crippen LogP contribution in [0.5, 0.6) is 0 Å². The lowest BCUT2D eigenvalue weighted by atomic mass is 10.1. The number of ether oxygens (including phenoxy) is 2. The third kappa shape index (κ3) is 1.29. The Kier molecular flexibility index (Phi) is 2.56. The highest BCUT2D eigenvalue weighted by Gasteiger charge is 2.67. The van der Waals surface area contributed by atoms with Gasteiger partial charge in [-0.1, -0.05) is 0 Å². The van der Waals surface area contributed by atoms with Crippen molar-refractivity contribution in [3.63, 3.8) is 0 Å². The number of hydrogen-bond donors (Lipinski definition) is 1. The summed E-state index contributed by atoms with van der Waals surface area (Å²) >= 11 is 0. The van der Waals surface area contributed by atoms with E-state index in [0.29, 0.717) is 6.42 Å². The second-order valence-corrected chi connectivity index (χ2v) is 3.04. The smallest absolute Gasteiger partial charge is 0.323 e. The molecule has 0 aliphatic heterocycles. The van der Waals surface area contributed by atoms with Gasteiger partial charge in [-0.25, -0.2) is 0 Å². The summed E-state index contributed by atoms with van der Waals surface area (Å²) in [5.74, 6) is -1.61. The maximum Gasteiger partial charge on any atom is 0.323 e. The van der Waals surface area contributed by atoms with Crippen LogP contribution in [-0.4, -0.2) is 37.9 Å². The van der Waals surface area contributed by atoms with E-state index in [2.05, 4.69) is 9.47 Å². The topological polar surface area (TPSA) is 72.8 Å². The lowest BCUT2D eigenvalue weighted by molar-refractivity contribution is -0.162. The summed E-state index contributed by atoms with van der Waals surface area (Å²) in [6, 6.07) is 0. The van der Waals surface area contributed by atoms with E-state index in [0.717, 1.165) is 0 Å². The number of carbonyl (C=O) groups excluding carboxylic acids is 2. The number of hydrogen-bond acceptors (Lipinski definition) is 5. The summed E-state index contributed by atoms with van der Waals surface area (Å²) in [7, 11) is 2.42. The van der Waals surface area contributed by atoms with Crippen molar-refractivity contribution in [1.29, 1.82) is 0 Å². The van der Waals surface area contributed by atoms with E-state index < -0.39 is 17.4 Å². The molecule has 0 radical (unpaired) electrons. The molecule has 13 heavy (non-hydrogen) atoms. The Balaban J connectivity index is 2.80. The molecule has 0 amide bonds. The summed E-state index contributed by atoms with van der Waals surface area (Å²) in [4.78, 5) is 22.5. The first kappa shape index (κ1) is 9.98. The first-order valence-corrected chi connectivity index (χ1v) is 3.91. The van der Waals surface area contributed by atoms with Crippen molar-refractivity contribution in [3.8, 4) is 0 Å². The average Bonchev–Trinajstić information content (AvgIpc) is 2.91. The number of esters is 2. The Morgan fingerprint density at radius 1 is 1.38 bits per heavy atom. The van der Waals surface area contributed by atoms with E-state index in [-0.39, 0.29) is 12.5 Å². The molecule has 0 aromatic rings. The van der Waals surface area contributed by atoms with Gasteiger partial charge in [-0.3, -0.25) is 9.59 Å². The molecule has 5 nitrogen and oxygen atoms in total. The fourth-order valence-corrected chi connectivity index (χ4v) is 1.50. The van der Waals surface area contributed by atoms with Crippen LogP contribution in [0.1, 0.15) is 6.42 Å². The Morgan fingerprint density at radius 3 is 2.08 bits per heavy atom. The highest BCUT2D eigenvalue weighted by molar-refractivity contribution is 6.03. The molecule has 1 atom stereocenters. The largest absolute Gasteiger partial charge is 0.468 e. The lowest BCUT2D eigenvalue weighted by Gasteiger charge is -2.10. The Labute approximate surface area is 75.6 Å². The second-order valence-electron chi connectivity index (χ2n) is 3.04. The average molecular weight is 188 g/mol. The maximum atomic E-state index is 11.2. The van der Waals surface area contributed by atoms with Crippen LogP contribution in [0, 0.1) is 11.3 Å².